The first kappa shape index (κ1) is 19.3. The van der Waals surface area contributed by atoms with Crippen LogP contribution >= 0.6 is 0 Å². The Hall–Kier alpha value is -2.48. The highest BCUT2D eigenvalue weighted by molar-refractivity contribution is 7.91. The Balaban J connectivity index is 1.68. The molecule has 1 unspecified atom stereocenters. The van der Waals surface area contributed by atoms with Gasteiger partial charge in [0.1, 0.15) is 0 Å². The standard InChI is InChI=1S/C19H24N4O3S/c1-14(2)23(12-15-6-4-3-5-7-15)18(24)16-10-20-19(21-11-16)22-17-8-9-27(25,26)13-17/h3-7,10-11,14,17H,8-9,12-13H2,1-2H3,(H,20,21,22). The molecule has 3 rings (SSSR count). The molecule has 2 heterocycles. The first-order valence-corrected chi connectivity index (χ1v) is 10.8. The molecule has 0 spiro atoms. The molecule has 1 aliphatic rings. The largest absolute Gasteiger partial charge is 0.350 e. The number of aromatic nitrogens is 2. The maximum absolute atomic E-state index is 12.9. The number of amides is 1. The molecule has 1 aliphatic heterocycles. The Morgan fingerprint density at radius 1 is 1.22 bits per heavy atom. The number of anilines is 1. The van der Waals surface area contributed by atoms with Gasteiger partial charge in [-0.05, 0) is 25.8 Å². The SMILES string of the molecule is CC(C)N(Cc1ccccc1)C(=O)c1cnc(NC2CCS(=O)(=O)C2)nc1. The summed E-state index contributed by atoms with van der Waals surface area (Å²) in [6.07, 6.45) is 3.52. The highest BCUT2D eigenvalue weighted by Crippen LogP contribution is 2.16. The van der Waals surface area contributed by atoms with Gasteiger partial charge in [0.05, 0.1) is 17.1 Å². The summed E-state index contributed by atoms with van der Waals surface area (Å²) >= 11 is 0. The van der Waals surface area contributed by atoms with Gasteiger partial charge in [0.25, 0.3) is 5.91 Å². The maximum atomic E-state index is 12.9. The van der Waals surface area contributed by atoms with Crippen LogP contribution in [0.3, 0.4) is 0 Å². The molecule has 27 heavy (non-hydrogen) atoms. The molecule has 2 aromatic rings. The molecule has 0 bridgehead atoms. The topological polar surface area (TPSA) is 92.3 Å². The predicted molar refractivity (Wildman–Crippen MR) is 104 cm³/mol. The molecular formula is C19H24N4O3S. The van der Waals surface area contributed by atoms with Crippen molar-refractivity contribution in [3.63, 3.8) is 0 Å². The zero-order valence-electron chi connectivity index (χ0n) is 15.5. The number of rotatable bonds is 6. The van der Waals surface area contributed by atoms with Crippen LogP contribution in [0.25, 0.3) is 0 Å². The van der Waals surface area contributed by atoms with Gasteiger partial charge in [-0.15, -0.1) is 0 Å². The van der Waals surface area contributed by atoms with Crippen molar-refractivity contribution < 1.29 is 13.2 Å². The Labute approximate surface area is 159 Å². The van der Waals surface area contributed by atoms with E-state index in [1.807, 2.05) is 44.2 Å². The Morgan fingerprint density at radius 2 is 1.89 bits per heavy atom. The molecule has 1 saturated heterocycles. The summed E-state index contributed by atoms with van der Waals surface area (Å²) in [6.45, 7) is 4.45. The van der Waals surface area contributed by atoms with Gasteiger partial charge >= 0.3 is 0 Å². The van der Waals surface area contributed by atoms with E-state index >= 15 is 0 Å². The summed E-state index contributed by atoms with van der Waals surface area (Å²) in [4.78, 5) is 23.0. The lowest BCUT2D eigenvalue weighted by atomic mass is 10.1. The summed E-state index contributed by atoms with van der Waals surface area (Å²) in [5, 5.41) is 3.03. The van der Waals surface area contributed by atoms with E-state index < -0.39 is 9.84 Å². The van der Waals surface area contributed by atoms with E-state index in [-0.39, 0.29) is 29.5 Å². The monoisotopic (exact) mass is 388 g/mol. The molecule has 8 heteroatoms. The van der Waals surface area contributed by atoms with Gasteiger partial charge in [0.15, 0.2) is 9.84 Å². The van der Waals surface area contributed by atoms with E-state index in [0.29, 0.717) is 24.5 Å². The molecule has 1 amide bonds. The van der Waals surface area contributed by atoms with E-state index in [2.05, 4.69) is 15.3 Å². The van der Waals surface area contributed by atoms with E-state index in [1.54, 1.807) is 4.90 Å². The molecule has 0 aliphatic carbocycles. The number of benzene rings is 1. The molecule has 1 aromatic heterocycles. The van der Waals surface area contributed by atoms with Crippen molar-refractivity contribution in [1.29, 1.82) is 0 Å². The highest BCUT2D eigenvalue weighted by atomic mass is 32.2. The van der Waals surface area contributed by atoms with Crippen LogP contribution in [0.15, 0.2) is 42.7 Å². The van der Waals surface area contributed by atoms with Crippen LogP contribution in [0.1, 0.15) is 36.2 Å². The summed E-state index contributed by atoms with van der Waals surface area (Å²) < 4.78 is 23.1. The van der Waals surface area contributed by atoms with Crippen molar-refractivity contribution in [3.05, 3.63) is 53.9 Å². The van der Waals surface area contributed by atoms with Crippen LogP contribution in [-0.4, -0.2) is 52.8 Å². The van der Waals surface area contributed by atoms with Crippen LogP contribution < -0.4 is 5.32 Å². The summed E-state index contributed by atoms with van der Waals surface area (Å²) in [5.74, 6) is 0.482. The third-order valence-electron chi connectivity index (χ3n) is 4.54. The van der Waals surface area contributed by atoms with Crippen molar-refractivity contribution in [1.82, 2.24) is 14.9 Å². The third-order valence-corrected chi connectivity index (χ3v) is 6.31. The van der Waals surface area contributed by atoms with Crippen LogP contribution in [-0.2, 0) is 16.4 Å². The predicted octanol–water partition coefficient (Wildman–Crippen LogP) is 2.13. The quantitative estimate of drug-likeness (QED) is 0.815. The molecule has 1 atom stereocenters. The van der Waals surface area contributed by atoms with Crippen LogP contribution in [0.2, 0.25) is 0 Å². The lowest BCUT2D eigenvalue weighted by Gasteiger charge is -2.27. The second kappa shape index (κ2) is 8.04. The smallest absolute Gasteiger partial charge is 0.257 e. The number of nitrogens with zero attached hydrogens (tertiary/aromatic N) is 3. The molecule has 0 saturated carbocycles. The summed E-state index contributed by atoms with van der Waals surface area (Å²) in [7, 11) is -2.97. The number of hydrogen-bond acceptors (Lipinski definition) is 6. The number of hydrogen-bond donors (Lipinski definition) is 1. The van der Waals surface area contributed by atoms with E-state index in [1.165, 1.54) is 12.4 Å². The van der Waals surface area contributed by atoms with Crippen molar-refractivity contribution in [2.75, 3.05) is 16.8 Å². The molecule has 0 radical (unpaired) electrons. The number of carbonyl (C=O) groups is 1. The lowest BCUT2D eigenvalue weighted by molar-refractivity contribution is 0.0689. The van der Waals surface area contributed by atoms with Crippen molar-refractivity contribution in [2.45, 2.75) is 38.9 Å². The second-order valence-electron chi connectivity index (χ2n) is 7.05. The fourth-order valence-corrected chi connectivity index (χ4v) is 4.71. The minimum atomic E-state index is -2.97. The molecular weight excluding hydrogens is 364 g/mol. The number of carbonyl (C=O) groups excluding carboxylic acids is 1. The van der Waals surface area contributed by atoms with E-state index in [0.717, 1.165) is 5.56 Å². The van der Waals surface area contributed by atoms with Gasteiger partial charge in [0.2, 0.25) is 5.95 Å². The third kappa shape index (κ3) is 5.03. The fourth-order valence-electron chi connectivity index (χ4n) is 3.04. The van der Waals surface area contributed by atoms with E-state index in [9.17, 15) is 13.2 Å². The highest BCUT2D eigenvalue weighted by Gasteiger charge is 2.28. The summed E-state index contributed by atoms with van der Waals surface area (Å²) in [5.41, 5.74) is 1.46. The zero-order valence-corrected chi connectivity index (χ0v) is 16.3. The average Bonchev–Trinajstić information content (AvgIpc) is 2.99. The van der Waals surface area contributed by atoms with Crippen molar-refractivity contribution >= 4 is 21.7 Å². The molecule has 1 fully saturated rings. The van der Waals surface area contributed by atoms with Gasteiger partial charge in [0, 0.05) is 31.0 Å². The van der Waals surface area contributed by atoms with Crippen LogP contribution in [0.4, 0.5) is 5.95 Å². The minimum Gasteiger partial charge on any atom is -0.350 e. The average molecular weight is 388 g/mol. The Morgan fingerprint density at radius 3 is 2.44 bits per heavy atom. The molecule has 1 aromatic carbocycles. The molecule has 1 N–H and O–H groups in total. The number of sulfone groups is 1. The van der Waals surface area contributed by atoms with Gasteiger partial charge < -0.3 is 10.2 Å². The second-order valence-corrected chi connectivity index (χ2v) is 9.28. The first-order valence-electron chi connectivity index (χ1n) is 8.98. The maximum Gasteiger partial charge on any atom is 0.257 e. The normalized spacial score (nSPS) is 18.4. The lowest BCUT2D eigenvalue weighted by Crippen LogP contribution is -2.36. The zero-order chi connectivity index (χ0) is 19.4. The van der Waals surface area contributed by atoms with Gasteiger partial charge in [-0.25, -0.2) is 18.4 Å². The van der Waals surface area contributed by atoms with Gasteiger partial charge in [-0.3, -0.25) is 4.79 Å². The Bertz CT molecular complexity index is 883. The molecule has 7 nitrogen and oxygen atoms in total. The Kier molecular flexibility index (Phi) is 5.74. The fraction of sp³-hybridized carbons (Fsp3) is 0.421. The summed E-state index contributed by atoms with van der Waals surface area (Å²) in [6, 6.07) is 9.67. The minimum absolute atomic E-state index is 0.0270. The molecule has 144 valence electrons. The van der Waals surface area contributed by atoms with E-state index in [4.69, 9.17) is 0 Å². The van der Waals surface area contributed by atoms with Crippen molar-refractivity contribution in [3.8, 4) is 0 Å². The van der Waals surface area contributed by atoms with Crippen molar-refractivity contribution in [2.24, 2.45) is 0 Å². The van der Waals surface area contributed by atoms with Crippen LogP contribution in [0, 0.1) is 0 Å². The van der Waals surface area contributed by atoms with Gasteiger partial charge in [-0.2, -0.15) is 0 Å². The van der Waals surface area contributed by atoms with Gasteiger partial charge in [-0.1, -0.05) is 30.3 Å². The number of nitrogens with one attached hydrogen (secondary N) is 1. The first-order chi connectivity index (χ1) is 12.8. The van der Waals surface area contributed by atoms with Crippen LogP contribution in [0.5, 0.6) is 0 Å².